The fourth-order valence-electron chi connectivity index (χ4n) is 2.47. The Hall–Kier alpha value is -3.48. The third-order valence-corrected chi connectivity index (χ3v) is 3.78. The smallest absolute Gasteiger partial charge is 0.253 e. The molecule has 2 amide bonds. The van der Waals surface area contributed by atoms with Crippen LogP contribution in [0.15, 0.2) is 61.3 Å². The van der Waals surface area contributed by atoms with Crippen LogP contribution in [-0.4, -0.2) is 26.3 Å². The second-order valence-corrected chi connectivity index (χ2v) is 5.74. The lowest BCUT2D eigenvalue weighted by atomic mass is 10.1. The number of nitrogens with one attached hydrogen (secondary N) is 2. The molecular formula is C19H19N5O2. The zero-order chi connectivity index (χ0) is 18.4. The van der Waals surface area contributed by atoms with Crippen LogP contribution in [0.4, 0.5) is 0 Å². The molecule has 0 saturated carbocycles. The summed E-state index contributed by atoms with van der Waals surface area (Å²) in [7, 11) is 0. The van der Waals surface area contributed by atoms with Crippen molar-refractivity contribution < 1.29 is 9.59 Å². The lowest BCUT2D eigenvalue weighted by Crippen LogP contribution is -2.24. The van der Waals surface area contributed by atoms with Gasteiger partial charge in [0.05, 0.1) is 29.8 Å². The highest BCUT2D eigenvalue weighted by Crippen LogP contribution is 2.15. The maximum Gasteiger partial charge on any atom is 0.253 e. The zero-order valence-corrected chi connectivity index (χ0v) is 14.3. The van der Waals surface area contributed by atoms with E-state index in [9.17, 15) is 9.59 Å². The molecule has 7 heteroatoms. The van der Waals surface area contributed by atoms with Gasteiger partial charge in [0, 0.05) is 32.1 Å². The van der Waals surface area contributed by atoms with Crippen LogP contribution < -0.4 is 10.6 Å². The molecule has 7 nitrogen and oxygen atoms in total. The van der Waals surface area contributed by atoms with Gasteiger partial charge in [-0.1, -0.05) is 12.1 Å². The van der Waals surface area contributed by atoms with E-state index in [1.165, 1.54) is 6.92 Å². The summed E-state index contributed by atoms with van der Waals surface area (Å²) in [6.07, 6.45) is 6.81. The molecule has 0 saturated heterocycles. The number of pyridine rings is 1. The molecule has 2 aromatic heterocycles. The Balaban J connectivity index is 1.75. The number of rotatable bonds is 6. The molecule has 3 rings (SSSR count). The number of benzene rings is 1. The third kappa shape index (κ3) is 4.32. The van der Waals surface area contributed by atoms with Crippen molar-refractivity contribution in [1.82, 2.24) is 25.2 Å². The van der Waals surface area contributed by atoms with Gasteiger partial charge < -0.3 is 15.2 Å². The van der Waals surface area contributed by atoms with Crippen LogP contribution in [0.3, 0.4) is 0 Å². The highest BCUT2D eigenvalue weighted by molar-refractivity contribution is 5.97. The molecule has 0 bridgehead atoms. The van der Waals surface area contributed by atoms with E-state index in [0.29, 0.717) is 24.3 Å². The van der Waals surface area contributed by atoms with Gasteiger partial charge in [0.15, 0.2) is 0 Å². The fourth-order valence-corrected chi connectivity index (χ4v) is 2.47. The Morgan fingerprint density at radius 3 is 2.58 bits per heavy atom. The van der Waals surface area contributed by atoms with Crippen LogP contribution >= 0.6 is 0 Å². The van der Waals surface area contributed by atoms with Gasteiger partial charge in [-0.3, -0.25) is 14.6 Å². The summed E-state index contributed by atoms with van der Waals surface area (Å²) >= 11 is 0. The number of hydrogen-bond acceptors (Lipinski definition) is 4. The summed E-state index contributed by atoms with van der Waals surface area (Å²) < 4.78 is 1.78. The molecule has 0 fully saturated rings. The molecule has 26 heavy (non-hydrogen) atoms. The maximum atomic E-state index is 12.6. The minimum absolute atomic E-state index is 0.115. The summed E-state index contributed by atoms with van der Waals surface area (Å²) in [5.74, 6) is -0.287. The lowest BCUT2D eigenvalue weighted by Gasteiger charge is -2.10. The number of carbonyl (C=O) groups is 2. The second-order valence-electron chi connectivity index (χ2n) is 5.74. The molecular weight excluding hydrogens is 330 g/mol. The molecule has 0 aliphatic heterocycles. The molecule has 2 N–H and O–H groups in total. The quantitative estimate of drug-likeness (QED) is 0.711. The van der Waals surface area contributed by atoms with E-state index in [1.54, 1.807) is 35.6 Å². The first-order valence-corrected chi connectivity index (χ1v) is 8.17. The van der Waals surface area contributed by atoms with Crippen molar-refractivity contribution in [2.24, 2.45) is 0 Å². The molecule has 2 heterocycles. The number of nitrogens with zero attached hydrogens (tertiary/aromatic N) is 3. The van der Waals surface area contributed by atoms with Crippen LogP contribution in [0.1, 0.15) is 28.5 Å². The molecule has 0 unspecified atom stereocenters. The number of aromatic nitrogens is 3. The second kappa shape index (κ2) is 8.06. The average Bonchev–Trinajstić information content (AvgIpc) is 3.14. The number of para-hydroxylation sites is 1. The van der Waals surface area contributed by atoms with Crippen molar-refractivity contribution >= 4 is 11.8 Å². The first-order chi connectivity index (χ1) is 12.6. The van der Waals surface area contributed by atoms with Crippen LogP contribution in [0.5, 0.6) is 0 Å². The Morgan fingerprint density at radius 2 is 1.81 bits per heavy atom. The first kappa shape index (κ1) is 17.3. The maximum absolute atomic E-state index is 12.6. The van der Waals surface area contributed by atoms with Crippen molar-refractivity contribution in [3.8, 4) is 5.69 Å². The van der Waals surface area contributed by atoms with Crippen LogP contribution in [-0.2, 0) is 17.9 Å². The van der Waals surface area contributed by atoms with Crippen LogP contribution in [0, 0.1) is 0 Å². The Bertz CT molecular complexity index is 905. The molecule has 132 valence electrons. The largest absolute Gasteiger partial charge is 0.351 e. The first-order valence-electron chi connectivity index (χ1n) is 8.17. The number of amides is 2. The highest BCUT2D eigenvalue weighted by atomic mass is 16.2. The molecule has 0 spiro atoms. The van der Waals surface area contributed by atoms with E-state index in [-0.39, 0.29) is 11.8 Å². The van der Waals surface area contributed by atoms with Gasteiger partial charge in [-0.2, -0.15) is 0 Å². The monoisotopic (exact) mass is 349 g/mol. The van der Waals surface area contributed by atoms with Crippen LogP contribution in [0.25, 0.3) is 5.69 Å². The predicted octanol–water partition coefficient (Wildman–Crippen LogP) is 1.83. The van der Waals surface area contributed by atoms with Crippen molar-refractivity contribution in [3.63, 3.8) is 0 Å². The minimum atomic E-state index is -0.172. The van der Waals surface area contributed by atoms with E-state index < -0.39 is 0 Å². The summed E-state index contributed by atoms with van der Waals surface area (Å²) in [4.78, 5) is 31.9. The lowest BCUT2D eigenvalue weighted by molar-refractivity contribution is -0.119. The van der Waals surface area contributed by atoms with E-state index in [2.05, 4.69) is 20.6 Å². The van der Waals surface area contributed by atoms with Crippen molar-refractivity contribution in [2.45, 2.75) is 20.0 Å². The van der Waals surface area contributed by atoms with Crippen molar-refractivity contribution in [2.75, 3.05) is 0 Å². The Labute approximate surface area is 151 Å². The van der Waals surface area contributed by atoms with Crippen LogP contribution in [0.2, 0.25) is 0 Å². The van der Waals surface area contributed by atoms with Gasteiger partial charge in [0.1, 0.15) is 0 Å². The van der Waals surface area contributed by atoms with Gasteiger partial charge in [-0.25, -0.2) is 4.98 Å². The van der Waals surface area contributed by atoms with Gasteiger partial charge >= 0.3 is 0 Å². The summed E-state index contributed by atoms with van der Waals surface area (Å²) in [5, 5.41) is 5.62. The topological polar surface area (TPSA) is 88.9 Å². The predicted molar refractivity (Wildman–Crippen MR) is 96.5 cm³/mol. The highest BCUT2D eigenvalue weighted by Gasteiger charge is 2.13. The van der Waals surface area contributed by atoms with Gasteiger partial charge in [-0.05, 0) is 29.8 Å². The standard InChI is InChI=1S/C19H19N5O2/c1-14(25)21-11-16-12-24(13-23-16)18-5-3-2-4-17(18)19(26)22-10-15-6-8-20-9-7-15/h2-9,12-13H,10-11H2,1H3,(H,21,25)(H,22,26). The molecule has 0 aliphatic rings. The van der Waals surface area contributed by atoms with E-state index in [0.717, 1.165) is 11.3 Å². The molecule has 0 aliphatic carbocycles. The number of imidazole rings is 1. The number of carbonyl (C=O) groups excluding carboxylic acids is 2. The van der Waals surface area contributed by atoms with E-state index >= 15 is 0 Å². The van der Waals surface area contributed by atoms with Gasteiger partial charge in [-0.15, -0.1) is 0 Å². The fraction of sp³-hybridized carbons (Fsp3) is 0.158. The molecule has 3 aromatic rings. The average molecular weight is 349 g/mol. The Morgan fingerprint density at radius 1 is 1.04 bits per heavy atom. The molecule has 0 atom stereocenters. The number of hydrogen-bond donors (Lipinski definition) is 2. The molecule has 0 radical (unpaired) electrons. The normalized spacial score (nSPS) is 10.3. The Kier molecular flexibility index (Phi) is 5.38. The van der Waals surface area contributed by atoms with Crippen molar-refractivity contribution in [3.05, 3.63) is 78.1 Å². The van der Waals surface area contributed by atoms with Gasteiger partial charge in [0.2, 0.25) is 5.91 Å². The SMILES string of the molecule is CC(=O)NCc1cn(-c2ccccc2C(=O)NCc2ccncc2)cn1. The van der Waals surface area contributed by atoms with E-state index in [4.69, 9.17) is 0 Å². The van der Waals surface area contributed by atoms with E-state index in [1.807, 2.05) is 30.3 Å². The third-order valence-electron chi connectivity index (χ3n) is 3.78. The molecule has 1 aromatic carbocycles. The van der Waals surface area contributed by atoms with Gasteiger partial charge in [0.25, 0.3) is 5.91 Å². The summed E-state index contributed by atoms with van der Waals surface area (Å²) in [5.41, 5.74) is 2.96. The zero-order valence-electron chi connectivity index (χ0n) is 14.3. The minimum Gasteiger partial charge on any atom is -0.351 e. The van der Waals surface area contributed by atoms with Crippen molar-refractivity contribution in [1.29, 1.82) is 0 Å². The summed E-state index contributed by atoms with van der Waals surface area (Å²) in [6.45, 7) is 2.23. The summed E-state index contributed by atoms with van der Waals surface area (Å²) in [6, 6.07) is 11.0.